The van der Waals surface area contributed by atoms with Gasteiger partial charge in [0.25, 0.3) is 0 Å². The number of aromatic nitrogens is 2. The molecule has 0 bridgehead atoms. The Kier molecular flexibility index (Phi) is 6.29. The van der Waals surface area contributed by atoms with Gasteiger partial charge < -0.3 is 15.6 Å². The molecular formula is C21H29N3O3. The van der Waals surface area contributed by atoms with E-state index in [9.17, 15) is 9.90 Å². The molecule has 6 heteroatoms. The van der Waals surface area contributed by atoms with Crippen molar-refractivity contribution in [2.75, 3.05) is 18.9 Å². The molecule has 0 amide bonds. The van der Waals surface area contributed by atoms with E-state index in [4.69, 9.17) is 10.5 Å². The first-order chi connectivity index (χ1) is 13.0. The lowest BCUT2D eigenvalue weighted by atomic mass is 9.77. The second-order valence-electron chi connectivity index (χ2n) is 7.81. The fourth-order valence-corrected chi connectivity index (χ4v) is 3.79. The van der Waals surface area contributed by atoms with Crippen LogP contribution >= 0.6 is 0 Å². The van der Waals surface area contributed by atoms with E-state index < -0.39 is 0 Å². The molecule has 0 aliphatic heterocycles. The van der Waals surface area contributed by atoms with Gasteiger partial charge in [-0.2, -0.15) is 5.10 Å². The first-order valence-electron chi connectivity index (χ1n) is 9.65. The predicted octanol–water partition coefficient (Wildman–Crippen LogP) is 3.09. The van der Waals surface area contributed by atoms with Crippen molar-refractivity contribution in [1.82, 2.24) is 9.78 Å². The van der Waals surface area contributed by atoms with Crippen LogP contribution in [0.3, 0.4) is 0 Å². The maximum atomic E-state index is 13.1. The molecule has 0 spiro atoms. The molecule has 3 N–H and O–H groups in total. The van der Waals surface area contributed by atoms with Gasteiger partial charge in [-0.1, -0.05) is 32.0 Å². The fraction of sp³-hybridized carbons (Fsp3) is 0.524. The van der Waals surface area contributed by atoms with Gasteiger partial charge in [-0.05, 0) is 37.3 Å². The van der Waals surface area contributed by atoms with E-state index in [1.165, 1.54) is 0 Å². The molecule has 2 aromatic rings. The maximum Gasteiger partial charge on any atom is 0.171 e. The molecule has 4 atom stereocenters. The van der Waals surface area contributed by atoms with Crippen LogP contribution < -0.4 is 5.73 Å². The zero-order valence-electron chi connectivity index (χ0n) is 16.0. The van der Waals surface area contributed by atoms with E-state index in [1.807, 2.05) is 37.3 Å². The summed E-state index contributed by atoms with van der Waals surface area (Å²) in [6.07, 6.45) is 4.10. The zero-order chi connectivity index (χ0) is 19.4. The lowest BCUT2D eigenvalue weighted by Gasteiger charge is -2.33. The average molecular weight is 371 g/mol. The second-order valence-corrected chi connectivity index (χ2v) is 7.81. The Bertz CT molecular complexity index is 759. The molecule has 27 heavy (non-hydrogen) atoms. The number of aliphatic hydroxyl groups is 1. The number of hydrogen-bond acceptors (Lipinski definition) is 5. The summed E-state index contributed by atoms with van der Waals surface area (Å²) in [5, 5.41) is 13.5. The largest absolute Gasteiger partial charge is 0.396 e. The van der Waals surface area contributed by atoms with Crippen molar-refractivity contribution in [2.45, 2.75) is 39.2 Å². The van der Waals surface area contributed by atoms with E-state index in [2.05, 4.69) is 12.0 Å². The van der Waals surface area contributed by atoms with E-state index in [0.717, 1.165) is 18.5 Å². The van der Waals surface area contributed by atoms with Gasteiger partial charge >= 0.3 is 0 Å². The minimum Gasteiger partial charge on any atom is -0.396 e. The van der Waals surface area contributed by atoms with Crippen LogP contribution in [0.1, 0.15) is 43.5 Å². The van der Waals surface area contributed by atoms with Crippen LogP contribution in [0.4, 0.5) is 5.82 Å². The molecule has 1 aliphatic carbocycles. The van der Waals surface area contributed by atoms with Crippen molar-refractivity contribution in [3.8, 4) is 5.69 Å². The summed E-state index contributed by atoms with van der Waals surface area (Å²) in [5.41, 5.74) is 7.57. The summed E-state index contributed by atoms with van der Waals surface area (Å²) in [7, 11) is 0. The molecule has 0 saturated heterocycles. The van der Waals surface area contributed by atoms with Crippen molar-refractivity contribution >= 4 is 11.6 Å². The molecule has 3 unspecified atom stereocenters. The number of ether oxygens (including phenoxy) is 1. The molecule has 6 nitrogen and oxygen atoms in total. The van der Waals surface area contributed by atoms with Crippen LogP contribution in [0.5, 0.6) is 0 Å². The van der Waals surface area contributed by atoms with Crippen molar-refractivity contribution < 1.29 is 14.6 Å². The normalized spacial score (nSPS) is 23.9. The van der Waals surface area contributed by atoms with Gasteiger partial charge in [-0.25, -0.2) is 4.68 Å². The van der Waals surface area contributed by atoms with E-state index in [-0.39, 0.29) is 30.3 Å². The number of nitrogens with two attached hydrogens (primary N) is 1. The third kappa shape index (κ3) is 4.57. The Morgan fingerprint density at radius 3 is 2.78 bits per heavy atom. The minimum atomic E-state index is -0.112. The smallest absolute Gasteiger partial charge is 0.171 e. The van der Waals surface area contributed by atoms with Crippen LogP contribution in [0.25, 0.3) is 5.69 Å². The molecule has 146 valence electrons. The van der Waals surface area contributed by atoms with Gasteiger partial charge in [0.15, 0.2) is 5.78 Å². The van der Waals surface area contributed by atoms with Crippen molar-refractivity contribution in [1.29, 1.82) is 0 Å². The van der Waals surface area contributed by atoms with E-state index >= 15 is 0 Å². The summed E-state index contributed by atoms with van der Waals surface area (Å²) in [4.78, 5) is 13.1. The quantitative estimate of drug-likeness (QED) is 0.730. The molecule has 1 saturated carbocycles. The third-order valence-corrected chi connectivity index (χ3v) is 5.27. The van der Waals surface area contributed by atoms with Crippen molar-refractivity contribution in [3.05, 3.63) is 42.1 Å². The third-order valence-electron chi connectivity index (χ3n) is 5.27. The number of benzene rings is 1. The first kappa shape index (κ1) is 19.6. The Balaban J connectivity index is 1.72. The van der Waals surface area contributed by atoms with Crippen LogP contribution in [0, 0.1) is 17.8 Å². The number of carbonyl (C=O) groups excluding carboxylic acids is 1. The highest BCUT2D eigenvalue weighted by molar-refractivity contribution is 6.01. The summed E-state index contributed by atoms with van der Waals surface area (Å²) < 4.78 is 7.57. The predicted molar refractivity (Wildman–Crippen MR) is 105 cm³/mol. The molecule has 1 aromatic heterocycles. The monoisotopic (exact) mass is 371 g/mol. The van der Waals surface area contributed by atoms with Crippen molar-refractivity contribution in [2.24, 2.45) is 17.8 Å². The summed E-state index contributed by atoms with van der Waals surface area (Å²) in [6, 6.07) is 9.57. The number of para-hydroxylation sites is 1. The first-order valence-corrected chi connectivity index (χ1v) is 9.65. The topological polar surface area (TPSA) is 90.4 Å². The van der Waals surface area contributed by atoms with Crippen LogP contribution in [-0.2, 0) is 4.74 Å². The second kappa shape index (κ2) is 8.67. The number of carbonyl (C=O) groups is 1. The van der Waals surface area contributed by atoms with Gasteiger partial charge in [0, 0.05) is 18.4 Å². The van der Waals surface area contributed by atoms with Gasteiger partial charge in [0.1, 0.15) is 5.82 Å². The van der Waals surface area contributed by atoms with Gasteiger partial charge in [0.2, 0.25) is 0 Å². The molecule has 3 rings (SSSR count). The highest BCUT2D eigenvalue weighted by Crippen LogP contribution is 2.34. The van der Waals surface area contributed by atoms with Gasteiger partial charge in [-0.15, -0.1) is 0 Å². The summed E-state index contributed by atoms with van der Waals surface area (Å²) in [5.74, 6) is 0.836. The SMILES string of the molecule is CC1CC(OC[C@H](C)CO)CC(C(=O)c2cnn(-c3ccccc3)c2N)C1. The standard InChI is InChI=1S/C21H29N3O3/c1-14-8-16(10-18(9-14)27-13-15(2)12-25)20(26)19-11-23-24(21(19)22)17-6-4-3-5-7-17/h3-7,11,14-16,18,25H,8-10,12-13,22H2,1-2H3/t14?,15-,16?,18?/m1/s1. The Morgan fingerprint density at radius 2 is 2.07 bits per heavy atom. The lowest BCUT2D eigenvalue weighted by Crippen LogP contribution is -2.33. The molecule has 0 radical (unpaired) electrons. The summed E-state index contributed by atoms with van der Waals surface area (Å²) >= 11 is 0. The number of aliphatic hydroxyl groups excluding tert-OH is 1. The van der Waals surface area contributed by atoms with E-state index in [0.29, 0.717) is 30.3 Å². The number of rotatable bonds is 7. The molecule has 1 heterocycles. The number of ketones is 1. The molecule has 1 fully saturated rings. The highest BCUT2D eigenvalue weighted by Gasteiger charge is 2.33. The van der Waals surface area contributed by atoms with Gasteiger partial charge in [-0.3, -0.25) is 4.79 Å². The minimum absolute atomic E-state index is 0.0436. The zero-order valence-corrected chi connectivity index (χ0v) is 16.0. The van der Waals surface area contributed by atoms with Gasteiger partial charge in [0.05, 0.1) is 30.2 Å². The van der Waals surface area contributed by atoms with Crippen LogP contribution in [-0.4, -0.2) is 40.0 Å². The van der Waals surface area contributed by atoms with Crippen LogP contribution in [0.2, 0.25) is 0 Å². The fourth-order valence-electron chi connectivity index (χ4n) is 3.79. The Hall–Kier alpha value is -2.18. The average Bonchev–Trinajstić information content (AvgIpc) is 3.07. The van der Waals surface area contributed by atoms with Crippen molar-refractivity contribution in [3.63, 3.8) is 0 Å². The number of hydrogen-bond donors (Lipinski definition) is 2. The number of Topliss-reactive ketones (excluding diaryl/α,β-unsaturated/α-hetero) is 1. The van der Waals surface area contributed by atoms with E-state index in [1.54, 1.807) is 10.9 Å². The molecule has 1 aliphatic rings. The maximum absolute atomic E-state index is 13.1. The number of nitrogens with zero attached hydrogens (tertiary/aromatic N) is 2. The molecular weight excluding hydrogens is 342 g/mol. The summed E-state index contributed by atoms with van der Waals surface area (Å²) in [6.45, 7) is 4.73. The number of nitrogen functional groups attached to an aromatic ring is 1. The number of anilines is 1. The molecule has 1 aromatic carbocycles. The Morgan fingerprint density at radius 1 is 1.33 bits per heavy atom. The Labute approximate surface area is 160 Å². The highest BCUT2D eigenvalue weighted by atomic mass is 16.5. The lowest BCUT2D eigenvalue weighted by molar-refractivity contribution is -0.0202. The van der Waals surface area contributed by atoms with Crippen LogP contribution in [0.15, 0.2) is 36.5 Å².